The largest absolute Gasteiger partial charge is 0.372 e. The molecule has 0 radical (unpaired) electrons. The first-order valence-electron chi connectivity index (χ1n) is 7.39. The second kappa shape index (κ2) is 8.02. The van der Waals surface area contributed by atoms with E-state index in [1.165, 1.54) is 0 Å². The van der Waals surface area contributed by atoms with Crippen LogP contribution in [0.2, 0.25) is 5.02 Å². The van der Waals surface area contributed by atoms with E-state index in [-0.39, 0.29) is 11.5 Å². The number of ether oxygens (including phenoxy) is 1. The Balaban J connectivity index is 2.68. The number of halogens is 1. The van der Waals surface area contributed by atoms with E-state index in [2.05, 4.69) is 39.9 Å². The maximum atomic E-state index is 6.30. The van der Waals surface area contributed by atoms with Crippen LogP contribution in [0, 0.1) is 5.41 Å². The van der Waals surface area contributed by atoms with E-state index in [4.69, 9.17) is 16.3 Å². The molecule has 1 aromatic carbocycles. The van der Waals surface area contributed by atoms with Crippen LogP contribution in [-0.2, 0) is 4.74 Å². The van der Waals surface area contributed by atoms with Crippen molar-refractivity contribution in [2.24, 2.45) is 5.41 Å². The molecule has 20 heavy (non-hydrogen) atoms. The van der Waals surface area contributed by atoms with Gasteiger partial charge in [-0.15, -0.1) is 0 Å². The van der Waals surface area contributed by atoms with Crippen LogP contribution >= 0.6 is 11.6 Å². The Hall–Kier alpha value is -0.570. The molecule has 114 valence electrons. The quantitative estimate of drug-likeness (QED) is 0.778. The zero-order valence-corrected chi connectivity index (χ0v) is 14.1. The van der Waals surface area contributed by atoms with Gasteiger partial charge in [-0.05, 0) is 17.9 Å². The van der Waals surface area contributed by atoms with Crippen molar-refractivity contribution < 1.29 is 4.74 Å². The molecular weight excluding hydrogens is 270 g/mol. The normalized spacial score (nSPS) is 13.8. The van der Waals surface area contributed by atoms with Crippen molar-refractivity contribution in [1.82, 2.24) is 5.32 Å². The topological polar surface area (TPSA) is 21.3 Å². The molecule has 3 heteroatoms. The predicted octanol–water partition coefficient (Wildman–Crippen LogP) is 4.83. The molecule has 1 atom stereocenters. The van der Waals surface area contributed by atoms with Crippen molar-refractivity contribution in [3.63, 3.8) is 0 Å². The van der Waals surface area contributed by atoms with Gasteiger partial charge in [0.25, 0.3) is 0 Å². The summed E-state index contributed by atoms with van der Waals surface area (Å²) in [6.45, 7) is 12.5. The van der Waals surface area contributed by atoms with Crippen LogP contribution in [0.4, 0.5) is 0 Å². The highest BCUT2D eigenvalue weighted by Gasteiger charge is 2.17. The Bertz CT molecular complexity index is 398. The highest BCUT2D eigenvalue weighted by molar-refractivity contribution is 6.31. The zero-order valence-electron chi connectivity index (χ0n) is 13.4. The van der Waals surface area contributed by atoms with Gasteiger partial charge in [0.05, 0.1) is 6.10 Å². The van der Waals surface area contributed by atoms with Crippen LogP contribution in [0.5, 0.6) is 0 Å². The molecule has 0 amide bonds. The number of nitrogens with one attached hydrogen (secondary N) is 1. The lowest BCUT2D eigenvalue weighted by Gasteiger charge is -2.24. The van der Waals surface area contributed by atoms with Gasteiger partial charge in [0, 0.05) is 29.8 Å². The molecular formula is C17H28ClNO. The van der Waals surface area contributed by atoms with Gasteiger partial charge < -0.3 is 10.1 Å². The summed E-state index contributed by atoms with van der Waals surface area (Å²) >= 11 is 6.30. The van der Waals surface area contributed by atoms with Gasteiger partial charge in [0.15, 0.2) is 0 Å². The summed E-state index contributed by atoms with van der Waals surface area (Å²) in [7, 11) is 0. The van der Waals surface area contributed by atoms with Crippen molar-refractivity contribution >= 4 is 11.6 Å². The van der Waals surface area contributed by atoms with Crippen molar-refractivity contribution in [3.05, 3.63) is 34.9 Å². The molecule has 0 heterocycles. The molecule has 0 fully saturated rings. The lowest BCUT2D eigenvalue weighted by atomic mass is 9.93. The Morgan fingerprint density at radius 3 is 2.40 bits per heavy atom. The average molecular weight is 298 g/mol. The first-order chi connectivity index (χ1) is 9.29. The van der Waals surface area contributed by atoms with Gasteiger partial charge in [0.1, 0.15) is 0 Å². The molecule has 1 aromatic rings. The summed E-state index contributed by atoms with van der Waals surface area (Å²) in [5.41, 5.74) is 1.35. The van der Waals surface area contributed by atoms with E-state index in [1.807, 2.05) is 24.3 Å². The Morgan fingerprint density at radius 1 is 1.20 bits per heavy atom. The molecule has 1 N–H and O–H groups in total. The Kier molecular flexibility index (Phi) is 7.01. The van der Waals surface area contributed by atoms with Crippen LogP contribution in [0.25, 0.3) is 0 Å². The lowest BCUT2D eigenvalue weighted by Crippen LogP contribution is -2.29. The molecule has 0 aromatic heterocycles. The molecule has 1 rings (SSSR count). The number of hydrogen-bond acceptors (Lipinski definition) is 2. The zero-order chi connectivity index (χ0) is 15.2. The molecule has 0 aliphatic rings. The fourth-order valence-electron chi connectivity index (χ4n) is 1.84. The van der Waals surface area contributed by atoms with Gasteiger partial charge in [-0.25, -0.2) is 0 Å². The Labute approximate surface area is 128 Å². The first kappa shape index (κ1) is 17.5. The maximum absolute atomic E-state index is 6.30. The van der Waals surface area contributed by atoms with Crippen molar-refractivity contribution in [2.45, 2.75) is 53.2 Å². The van der Waals surface area contributed by atoms with Crippen LogP contribution < -0.4 is 5.32 Å². The third kappa shape index (κ3) is 6.74. The molecule has 1 unspecified atom stereocenters. The molecule has 0 spiro atoms. The van der Waals surface area contributed by atoms with Crippen molar-refractivity contribution in [1.29, 1.82) is 0 Å². The van der Waals surface area contributed by atoms with Crippen LogP contribution in [0.15, 0.2) is 24.3 Å². The third-order valence-electron chi connectivity index (χ3n) is 3.13. The van der Waals surface area contributed by atoms with E-state index in [0.717, 1.165) is 30.2 Å². The maximum Gasteiger partial charge on any atom is 0.0963 e. The predicted molar refractivity (Wildman–Crippen MR) is 87.4 cm³/mol. The number of benzene rings is 1. The van der Waals surface area contributed by atoms with Gasteiger partial charge >= 0.3 is 0 Å². The van der Waals surface area contributed by atoms with E-state index in [1.54, 1.807) is 0 Å². The minimum Gasteiger partial charge on any atom is -0.372 e. The second-order valence-corrected chi connectivity index (χ2v) is 7.16. The fraction of sp³-hybridized carbons (Fsp3) is 0.647. The highest BCUT2D eigenvalue weighted by atomic mass is 35.5. The molecule has 0 saturated heterocycles. The van der Waals surface area contributed by atoms with Crippen LogP contribution in [0.1, 0.15) is 52.7 Å². The van der Waals surface area contributed by atoms with Crippen molar-refractivity contribution in [3.8, 4) is 0 Å². The minimum absolute atomic E-state index is 0.00782. The minimum atomic E-state index is 0.00782. The molecule has 0 saturated carbocycles. The summed E-state index contributed by atoms with van der Waals surface area (Å²) in [5.74, 6) is 0. The smallest absolute Gasteiger partial charge is 0.0963 e. The summed E-state index contributed by atoms with van der Waals surface area (Å²) in [5, 5.41) is 4.21. The first-order valence-corrected chi connectivity index (χ1v) is 7.77. The van der Waals surface area contributed by atoms with E-state index < -0.39 is 0 Å². The van der Waals surface area contributed by atoms with Gasteiger partial charge in [-0.1, -0.05) is 64.4 Å². The standard InChI is InChI=1S/C17H28ClNO/c1-13(2)19-12-16(20-11-10-17(3,4)5)14-8-6-7-9-15(14)18/h6-9,13,16,19H,10-12H2,1-5H3. The van der Waals surface area contributed by atoms with Gasteiger partial charge in [0.2, 0.25) is 0 Å². The summed E-state index contributed by atoms with van der Waals surface area (Å²) < 4.78 is 6.09. The molecule has 0 bridgehead atoms. The van der Waals surface area contributed by atoms with E-state index in [9.17, 15) is 0 Å². The molecule has 0 aliphatic carbocycles. The highest BCUT2D eigenvalue weighted by Crippen LogP contribution is 2.27. The van der Waals surface area contributed by atoms with Gasteiger partial charge in [-0.2, -0.15) is 0 Å². The second-order valence-electron chi connectivity index (χ2n) is 6.75. The van der Waals surface area contributed by atoms with E-state index in [0.29, 0.717) is 6.04 Å². The summed E-state index contributed by atoms with van der Waals surface area (Å²) in [6.07, 6.45) is 1.05. The summed E-state index contributed by atoms with van der Waals surface area (Å²) in [4.78, 5) is 0. The van der Waals surface area contributed by atoms with E-state index >= 15 is 0 Å². The van der Waals surface area contributed by atoms with Gasteiger partial charge in [-0.3, -0.25) is 0 Å². The number of rotatable bonds is 7. The lowest BCUT2D eigenvalue weighted by molar-refractivity contribution is 0.0359. The summed E-state index contributed by atoms with van der Waals surface area (Å²) in [6, 6.07) is 8.37. The van der Waals surface area contributed by atoms with Crippen LogP contribution in [0.3, 0.4) is 0 Å². The average Bonchev–Trinajstić information content (AvgIpc) is 2.33. The Morgan fingerprint density at radius 2 is 1.85 bits per heavy atom. The molecule has 2 nitrogen and oxygen atoms in total. The number of hydrogen-bond donors (Lipinski definition) is 1. The molecule has 0 aliphatic heterocycles. The fourth-order valence-corrected chi connectivity index (χ4v) is 2.10. The third-order valence-corrected chi connectivity index (χ3v) is 3.48. The van der Waals surface area contributed by atoms with Crippen LogP contribution in [-0.4, -0.2) is 19.2 Å². The monoisotopic (exact) mass is 297 g/mol. The van der Waals surface area contributed by atoms with Crippen molar-refractivity contribution in [2.75, 3.05) is 13.2 Å². The SMILES string of the molecule is CC(C)NCC(OCCC(C)(C)C)c1ccccc1Cl.